The van der Waals surface area contributed by atoms with Gasteiger partial charge in [-0.2, -0.15) is 0 Å². The molecule has 0 aliphatic rings. The average molecular weight is 388 g/mol. The maximum absolute atomic E-state index is 9.83. The van der Waals surface area contributed by atoms with E-state index in [2.05, 4.69) is 6.58 Å². The van der Waals surface area contributed by atoms with E-state index in [-0.39, 0.29) is 11.9 Å². The minimum absolute atomic E-state index is 0.0656. The predicted molar refractivity (Wildman–Crippen MR) is 108 cm³/mol. The molecule has 6 nitrogen and oxygen atoms in total. The average Bonchev–Trinajstić information content (AvgIpc) is 2.70. The Morgan fingerprint density at radius 3 is 2.07 bits per heavy atom. The minimum atomic E-state index is -0.406. The molecular weight excluding hydrogens is 360 g/mol. The van der Waals surface area contributed by atoms with Gasteiger partial charge in [-0.15, -0.1) is 6.58 Å². The smallest absolute Gasteiger partial charge is 0.203 e. The van der Waals surface area contributed by atoms with Crippen molar-refractivity contribution in [3.8, 4) is 28.7 Å². The third-order valence-electron chi connectivity index (χ3n) is 4.42. The van der Waals surface area contributed by atoms with Crippen LogP contribution in [0.2, 0.25) is 0 Å². The van der Waals surface area contributed by atoms with Crippen LogP contribution in [0.3, 0.4) is 0 Å². The summed E-state index contributed by atoms with van der Waals surface area (Å²) in [6, 6.07) is 8.87. The Morgan fingerprint density at radius 2 is 1.57 bits per heavy atom. The van der Waals surface area contributed by atoms with Crippen molar-refractivity contribution in [2.24, 2.45) is 0 Å². The van der Waals surface area contributed by atoms with Crippen LogP contribution in [-0.4, -0.2) is 39.6 Å². The third kappa shape index (κ3) is 4.70. The Hall–Kier alpha value is -2.86. The van der Waals surface area contributed by atoms with Crippen LogP contribution in [0, 0.1) is 0 Å². The lowest BCUT2D eigenvalue weighted by Gasteiger charge is -2.26. The molecule has 0 spiro atoms. The van der Waals surface area contributed by atoms with Crippen LogP contribution in [0.1, 0.15) is 24.2 Å². The Bertz CT molecular complexity index is 777. The molecule has 0 fully saturated rings. The van der Waals surface area contributed by atoms with Gasteiger partial charge in [0, 0.05) is 7.11 Å². The molecule has 2 aromatic rings. The number of methoxy groups -OCH3 is 4. The van der Waals surface area contributed by atoms with Crippen LogP contribution in [0.15, 0.2) is 43.0 Å². The number of allylic oxidation sites excluding steroid dienone is 1. The largest absolute Gasteiger partial charge is 0.504 e. The maximum atomic E-state index is 9.83. The second kappa shape index (κ2) is 9.90. The summed E-state index contributed by atoms with van der Waals surface area (Å²) >= 11 is 0. The molecule has 2 aromatic carbocycles. The summed E-state index contributed by atoms with van der Waals surface area (Å²) in [5.74, 6) is 2.08. The summed E-state index contributed by atoms with van der Waals surface area (Å²) in [5, 5.41) is 9.83. The zero-order valence-electron chi connectivity index (χ0n) is 17.0. The van der Waals surface area contributed by atoms with Crippen LogP contribution < -0.4 is 18.9 Å². The van der Waals surface area contributed by atoms with Crippen molar-refractivity contribution in [1.29, 1.82) is 0 Å². The maximum Gasteiger partial charge on any atom is 0.203 e. The van der Waals surface area contributed by atoms with Gasteiger partial charge in [-0.3, -0.25) is 0 Å². The molecule has 2 rings (SSSR count). The van der Waals surface area contributed by atoms with E-state index in [0.717, 1.165) is 11.1 Å². The molecule has 0 saturated heterocycles. The van der Waals surface area contributed by atoms with Gasteiger partial charge in [0.2, 0.25) is 5.75 Å². The number of aromatic hydroxyl groups is 1. The van der Waals surface area contributed by atoms with E-state index in [1.165, 1.54) is 7.11 Å². The van der Waals surface area contributed by atoms with Gasteiger partial charge in [-0.25, -0.2) is 0 Å². The fraction of sp³-hybridized carbons (Fsp3) is 0.364. The highest BCUT2D eigenvalue weighted by atomic mass is 16.6. The van der Waals surface area contributed by atoms with Crippen molar-refractivity contribution in [3.05, 3.63) is 54.1 Å². The highest BCUT2D eigenvalue weighted by Gasteiger charge is 2.25. The second-order valence-electron chi connectivity index (χ2n) is 6.23. The first-order valence-electron chi connectivity index (χ1n) is 8.91. The molecule has 0 saturated carbocycles. The topological polar surface area (TPSA) is 66.4 Å². The number of ether oxygens (including phenoxy) is 5. The lowest BCUT2D eigenvalue weighted by Crippen LogP contribution is -2.24. The molecule has 0 aromatic heterocycles. The zero-order valence-corrected chi connectivity index (χ0v) is 17.0. The second-order valence-corrected chi connectivity index (χ2v) is 6.23. The van der Waals surface area contributed by atoms with Crippen molar-refractivity contribution in [2.75, 3.05) is 28.4 Å². The summed E-state index contributed by atoms with van der Waals surface area (Å²) in [5.41, 5.74) is 1.82. The van der Waals surface area contributed by atoms with Crippen LogP contribution in [0.5, 0.6) is 28.7 Å². The van der Waals surface area contributed by atoms with Gasteiger partial charge in [0.15, 0.2) is 23.0 Å². The van der Waals surface area contributed by atoms with Crippen molar-refractivity contribution >= 4 is 0 Å². The monoisotopic (exact) mass is 388 g/mol. The van der Waals surface area contributed by atoms with E-state index in [9.17, 15) is 5.11 Å². The molecule has 0 bridgehead atoms. The van der Waals surface area contributed by atoms with E-state index in [1.54, 1.807) is 39.5 Å². The Labute approximate surface area is 166 Å². The number of benzene rings is 2. The van der Waals surface area contributed by atoms with Gasteiger partial charge in [-0.05, 0) is 48.7 Å². The molecule has 0 radical (unpaired) electrons. The van der Waals surface area contributed by atoms with Crippen molar-refractivity contribution < 1.29 is 28.8 Å². The molecule has 28 heavy (non-hydrogen) atoms. The van der Waals surface area contributed by atoms with Gasteiger partial charge in [0.05, 0.1) is 21.3 Å². The third-order valence-corrected chi connectivity index (χ3v) is 4.42. The quantitative estimate of drug-likeness (QED) is 0.612. The molecule has 0 unspecified atom stereocenters. The van der Waals surface area contributed by atoms with Crippen molar-refractivity contribution in [2.45, 2.75) is 25.6 Å². The number of phenolic OH excluding ortho intramolecular Hbond substituents is 1. The fourth-order valence-corrected chi connectivity index (χ4v) is 3.05. The van der Waals surface area contributed by atoms with Gasteiger partial charge in [0.25, 0.3) is 0 Å². The Morgan fingerprint density at radius 1 is 0.964 bits per heavy atom. The molecular formula is C22H28O6. The molecule has 6 heteroatoms. The number of hydrogen-bond donors (Lipinski definition) is 1. The molecule has 1 N–H and O–H groups in total. The van der Waals surface area contributed by atoms with Gasteiger partial charge >= 0.3 is 0 Å². The molecule has 0 aliphatic carbocycles. The number of hydrogen-bond acceptors (Lipinski definition) is 6. The van der Waals surface area contributed by atoms with E-state index in [1.807, 2.05) is 25.1 Å². The first kappa shape index (κ1) is 21.4. The standard InChI is InChI=1S/C22H28O6/c1-7-8-15-11-19(25-4)22(20(12-15)26-5)28-14(2)21(27-6)16-9-10-17(23)18(13-16)24-3/h7,9-14,21,23H,1,8H2,2-6H3/t14-,21+/m1/s1. The van der Waals surface area contributed by atoms with E-state index in [4.69, 9.17) is 23.7 Å². The van der Waals surface area contributed by atoms with E-state index < -0.39 is 6.10 Å². The first-order valence-corrected chi connectivity index (χ1v) is 8.91. The Balaban J connectivity index is 2.36. The van der Waals surface area contributed by atoms with Crippen LogP contribution >= 0.6 is 0 Å². The molecule has 152 valence electrons. The minimum Gasteiger partial charge on any atom is -0.504 e. The summed E-state index contributed by atoms with van der Waals surface area (Å²) in [6.45, 7) is 5.66. The Kier molecular flexibility index (Phi) is 7.58. The van der Waals surface area contributed by atoms with Gasteiger partial charge in [-0.1, -0.05) is 12.1 Å². The fourth-order valence-electron chi connectivity index (χ4n) is 3.05. The molecule has 0 aliphatic heterocycles. The number of rotatable bonds is 10. The molecule has 0 amide bonds. The van der Waals surface area contributed by atoms with E-state index in [0.29, 0.717) is 29.4 Å². The van der Waals surface area contributed by atoms with Crippen LogP contribution in [0.4, 0.5) is 0 Å². The zero-order chi connectivity index (χ0) is 20.7. The van der Waals surface area contributed by atoms with Crippen LogP contribution in [0.25, 0.3) is 0 Å². The summed E-state index contributed by atoms with van der Waals surface area (Å²) in [6.07, 6.45) is 1.72. The van der Waals surface area contributed by atoms with Gasteiger partial charge < -0.3 is 28.8 Å². The normalized spacial score (nSPS) is 12.8. The summed E-state index contributed by atoms with van der Waals surface area (Å²) in [4.78, 5) is 0. The lowest BCUT2D eigenvalue weighted by atomic mass is 10.0. The highest BCUT2D eigenvalue weighted by Crippen LogP contribution is 2.41. The van der Waals surface area contributed by atoms with Gasteiger partial charge in [0.1, 0.15) is 12.2 Å². The van der Waals surface area contributed by atoms with Crippen molar-refractivity contribution in [3.63, 3.8) is 0 Å². The van der Waals surface area contributed by atoms with Crippen LogP contribution in [-0.2, 0) is 11.2 Å². The lowest BCUT2D eigenvalue weighted by molar-refractivity contribution is 0.00727. The summed E-state index contributed by atoms with van der Waals surface area (Å²) < 4.78 is 28.1. The predicted octanol–water partition coefficient (Wildman–Crippen LogP) is 4.30. The SMILES string of the molecule is C=CCc1cc(OC)c(O[C@H](C)[C@H](OC)c2ccc(O)c(OC)c2)c(OC)c1. The summed E-state index contributed by atoms with van der Waals surface area (Å²) in [7, 11) is 6.28. The molecule has 0 heterocycles. The molecule has 2 atom stereocenters. The number of phenols is 1. The highest BCUT2D eigenvalue weighted by molar-refractivity contribution is 5.54. The van der Waals surface area contributed by atoms with Crippen molar-refractivity contribution in [1.82, 2.24) is 0 Å². The first-order chi connectivity index (χ1) is 13.5. The van der Waals surface area contributed by atoms with E-state index >= 15 is 0 Å².